The molecular formula is C19H27N3O3. The number of likely N-dealkylation sites (tertiary alicyclic amines) is 1. The maximum atomic E-state index is 12.7. The molecule has 0 aliphatic carbocycles. The molecule has 2 atom stereocenters. The molecule has 2 fully saturated rings. The quantitative estimate of drug-likeness (QED) is 0.871. The second kappa shape index (κ2) is 8.45. The minimum Gasteiger partial charge on any atom is -0.373 e. The molecule has 2 saturated heterocycles. The Morgan fingerprint density at radius 2 is 1.88 bits per heavy atom. The molecule has 2 aliphatic heterocycles. The van der Waals surface area contributed by atoms with Gasteiger partial charge in [0.05, 0.1) is 25.3 Å². The number of morpholine rings is 1. The van der Waals surface area contributed by atoms with Crippen LogP contribution in [0.1, 0.15) is 31.4 Å². The van der Waals surface area contributed by atoms with E-state index in [1.54, 1.807) is 0 Å². The molecule has 2 heterocycles. The average Bonchev–Trinajstić information content (AvgIpc) is 3.13. The molecule has 1 aromatic rings. The zero-order valence-corrected chi connectivity index (χ0v) is 14.8. The Labute approximate surface area is 149 Å². The van der Waals surface area contributed by atoms with Crippen molar-refractivity contribution in [2.45, 2.75) is 31.9 Å². The van der Waals surface area contributed by atoms with Crippen molar-refractivity contribution in [1.29, 1.82) is 0 Å². The number of amides is 2. The van der Waals surface area contributed by atoms with E-state index >= 15 is 0 Å². The third-order valence-corrected chi connectivity index (χ3v) is 4.94. The summed E-state index contributed by atoms with van der Waals surface area (Å²) >= 11 is 0. The Morgan fingerprint density at radius 3 is 2.56 bits per heavy atom. The van der Waals surface area contributed by atoms with E-state index in [1.165, 1.54) is 19.8 Å². The van der Waals surface area contributed by atoms with Crippen molar-refractivity contribution in [3.8, 4) is 0 Å². The zero-order valence-electron chi connectivity index (χ0n) is 14.8. The summed E-state index contributed by atoms with van der Waals surface area (Å²) in [7, 11) is 0. The van der Waals surface area contributed by atoms with Crippen LogP contribution in [0.25, 0.3) is 0 Å². The molecule has 136 valence electrons. The van der Waals surface area contributed by atoms with E-state index in [9.17, 15) is 9.59 Å². The third-order valence-electron chi connectivity index (χ3n) is 4.94. The van der Waals surface area contributed by atoms with E-state index in [4.69, 9.17) is 4.74 Å². The average molecular weight is 345 g/mol. The maximum absolute atomic E-state index is 12.7. The number of hydrogen-bond donors (Lipinski definition) is 1. The van der Waals surface area contributed by atoms with Crippen molar-refractivity contribution >= 4 is 11.8 Å². The molecule has 0 saturated carbocycles. The molecule has 0 spiro atoms. The molecule has 0 bridgehead atoms. The van der Waals surface area contributed by atoms with Crippen LogP contribution >= 0.6 is 0 Å². The predicted molar refractivity (Wildman–Crippen MR) is 95.0 cm³/mol. The molecule has 6 heteroatoms. The largest absolute Gasteiger partial charge is 0.373 e. The SMILES string of the molecule is CC(=O)NCC(=O)N1CCO[C@@H](CN2CCCC2)[C@@H]1c1ccccc1. The highest BCUT2D eigenvalue weighted by molar-refractivity contribution is 5.84. The predicted octanol–water partition coefficient (Wildman–Crippen LogP) is 1.19. The fraction of sp³-hybridized carbons (Fsp3) is 0.579. The van der Waals surface area contributed by atoms with E-state index < -0.39 is 0 Å². The molecular weight excluding hydrogens is 318 g/mol. The minimum absolute atomic E-state index is 0.0368. The summed E-state index contributed by atoms with van der Waals surface area (Å²) in [6, 6.07) is 9.95. The van der Waals surface area contributed by atoms with Gasteiger partial charge in [0.2, 0.25) is 11.8 Å². The van der Waals surface area contributed by atoms with Gasteiger partial charge in [0.1, 0.15) is 0 Å². The zero-order chi connectivity index (χ0) is 17.6. The summed E-state index contributed by atoms with van der Waals surface area (Å²) in [4.78, 5) is 28.2. The van der Waals surface area contributed by atoms with E-state index in [-0.39, 0.29) is 30.5 Å². The molecule has 0 aromatic heterocycles. The molecule has 1 aromatic carbocycles. The van der Waals surface area contributed by atoms with Gasteiger partial charge in [-0.3, -0.25) is 9.59 Å². The fourth-order valence-corrected chi connectivity index (χ4v) is 3.73. The summed E-state index contributed by atoms with van der Waals surface area (Å²) in [5.41, 5.74) is 1.09. The Kier molecular flexibility index (Phi) is 6.04. The molecule has 1 N–H and O–H groups in total. The Bertz CT molecular complexity index is 587. The van der Waals surface area contributed by atoms with Crippen molar-refractivity contribution in [3.05, 3.63) is 35.9 Å². The molecule has 2 aliphatic rings. The number of carbonyl (C=O) groups is 2. The number of nitrogens with zero attached hydrogens (tertiary/aromatic N) is 2. The van der Waals surface area contributed by atoms with Crippen LogP contribution in [0.4, 0.5) is 0 Å². The number of rotatable bonds is 5. The van der Waals surface area contributed by atoms with Crippen LogP contribution in [0.2, 0.25) is 0 Å². The third kappa shape index (κ3) is 4.58. The van der Waals surface area contributed by atoms with E-state index in [0.29, 0.717) is 13.2 Å². The second-order valence-corrected chi connectivity index (χ2v) is 6.77. The van der Waals surface area contributed by atoms with Crippen molar-refractivity contribution < 1.29 is 14.3 Å². The Morgan fingerprint density at radius 1 is 1.16 bits per heavy atom. The molecule has 0 unspecified atom stereocenters. The van der Waals surface area contributed by atoms with E-state index in [2.05, 4.69) is 22.3 Å². The topological polar surface area (TPSA) is 61.9 Å². The monoisotopic (exact) mass is 345 g/mol. The normalized spacial score (nSPS) is 24.3. The summed E-state index contributed by atoms with van der Waals surface area (Å²) in [6.07, 6.45) is 2.41. The van der Waals surface area contributed by atoms with Gasteiger partial charge in [0, 0.05) is 20.0 Å². The van der Waals surface area contributed by atoms with Gasteiger partial charge in [-0.1, -0.05) is 30.3 Å². The second-order valence-electron chi connectivity index (χ2n) is 6.77. The lowest BCUT2D eigenvalue weighted by molar-refractivity contribution is -0.148. The summed E-state index contributed by atoms with van der Waals surface area (Å²) < 4.78 is 6.09. The smallest absolute Gasteiger partial charge is 0.242 e. The van der Waals surface area contributed by atoms with Crippen LogP contribution < -0.4 is 5.32 Å². The summed E-state index contributed by atoms with van der Waals surface area (Å²) in [5, 5.41) is 2.62. The van der Waals surface area contributed by atoms with E-state index in [0.717, 1.165) is 25.2 Å². The minimum atomic E-state index is -0.188. The van der Waals surface area contributed by atoms with Gasteiger partial charge < -0.3 is 19.9 Å². The van der Waals surface area contributed by atoms with Crippen LogP contribution in [-0.4, -0.2) is 67.0 Å². The van der Waals surface area contributed by atoms with Gasteiger partial charge in [-0.2, -0.15) is 0 Å². The first-order valence-corrected chi connectivity index (χ1v) is 9.08. The maximum Gasteiger partial charge on any atom is 0.242 e. The molecule has 6 nitrogen and oxygen atoms in total. The van der Waals surface area contributed by atoms with Crippen LogP contribution in [0.3, 0.4) is 0 Å². The van der Waals surface area contributed by atoms with Crippen molar-refractivity contribution in [1.82, 2.24) is 15.1 Å². The number of hydrogen-bond acceptors (Lipinski definition) is 4. The number of carbonyl (C=O) groups excluding carboxylic acids is 2. The van der Waals surface area contributed by atoms with Gasteiger partial charge in [0.25, 0.3) is 0 Å². The highest BCUT2D eigenvalue weighted by Gasteiger charge is 2.37. The van der Waals surface area contributed by atoms with Gasteiger partial charge in [-0.05, 0) is 31.5 Å². The lowest BCUT2D eigenvalue weighted by Crippen LogP contribution is -2.53. The lowest BCUT2D eigenvalue weighted by atomic mass is 9.97. The highest BCUT2D eigenvalue weighted by atomic mass is 16.5. The van der Waals surface area contributed by atoms with Crippen LogP contribution in [-0.2, 0) is 14.3 Å². The van der Waals surface area contributed by atoms with Gasteiger partial charge in [0.15, 0.2) is 0 Å². The molecule has 0 radical (unpaired) electrons. The molecule has 2 amide bonds. The fourth-order valence-electron chi connectivity index (χ4n) is 3.73. The first-order chi connectivity index (χ1) is 12.1. The number of nitrogens with one attached hydrogen (secondary N) is 1. The van der Waals surface area contributed by atoms with Gasteiger partial charge >= 0.3 is 0 Å². The summed E-state index contributed by atoms with van der Waals surface area (Å²) in [5.74, 6) is -0.245. The Balaban J connectivity index is 1.79. The lowest BCUT2D eigenvalue weighted by Gasteiger charge is -2.42. The van der Waals surface area contributed by atoms with Gasteiger partial charge in [-0.25, -0.2) is 0 Å². The van der Waals surface area contributed by atoms with E-state index in [1.807, 2.05) is 23.1 Å². The number of ether oxygens (including phenoxy) is 1. The van der Waals surface area contributed by atoms with Gasteiger partial charge in [-0.15, -0.1) is 0 Å². The van der Waals surface area contributed by atoms with Crippen molar-refractivity contribution in [2.75, 3.05) is 39.3 Å². The molecule has 25 heavy (non-hydrogen) atoms. The Hall–Kier alpha value is -1.92. The number of benzene rings is 1. The van der Waals surface area contributed by atoms with Crippen molar-refractivity contribution in [2.24, 2.45) is 0 Å². The van der Waals surface area contributed by atoms with Crippen LogP contribution in [0.5, 0.6) is 0 Å². The first-order valence-electron chi connectivity index (χ1n) is 9.08. The molecule has 3 rings (SSSR count). The van der Waals surface area contributed by atoms with Crippen LogP contribution in [0, 0.1) is 0 Å². The first kappa shape index (κ1) is 17.9. The van der Waals surface area contributed by atoms with Crippen LogP contribution in [0.15, 0.2) is 30.3 Å². The highest BCUT2D eigenvalue weighted by Crippen LogP contribution is 2.30. The standard InChI is InChI=1S/C19H27N3O3/c1-15(23)20-13-18(24)22-11-12-25-17(14-21-9-5-6-10-21)19(22)16-7-3-2-4-8-16/h2-4,7-8,17,19H,5-6,9-14H2,1H3,(H,20,23)/t17-,19-/m0/s1. The van der Waals surface area contributed by atoms with Crippen molar-refractivity contribution in [3.63, 3.8) is 0 Å². The summed E-state index contributed by atoms with van der Waals surface area (Å²) in [6.45, 7) is 5.58.